The summed E-state index contributed by atoms with van der Waals surface area (Å²) in [5.41, 5.74) is 11.2. The van der Waals surface area contributed by atoms with E-state index < -0.39 is 0 Å². The van der Waals surface area contributed by atoms with Gasteiger partial charge in [-0.15, -0.1) is 0 Å². The van der Waals surface area contributed by atoms with Crippen molar-refractivity contribution in [1.29, 1.82) is 0 Å². The van der Waals surface area contributed by atoms with Crippen molar-refractivity contribution in [1.82, 2.24) is 8.75 Å². The topological polar surface area (TPSA) is 70.5 Å². The fourth-order valence-electron chi connectivity index (χ4n) is 6.65. The molecule has 6 aliphatic heterocycles. The van der Waals surface area contributed by atoms with Gasteiger partial charge >= 0.3 is 0 Å². The van der Waals surface area contributed by atoms with E-state index in [4.69, 9.17) is 27.1 Å². The molecule has 0 spiro atoms. The van der Waals surface area contributed by atoms with Gasteiger partial charge in [0.15, 0.2) is 22.7 Å². The summed E-state index contributed by atoms with van der Waals surface area (Å²) in [7, 11) is 3.30. The minimum absolute atomic E-state index is 0.603. The fourth-order valence-corrected chi connectivity index (χ4v) is 7.22. The molecule has 0 unspecified atom stereocenters. The monoisotopic (exact) mass is 686 g/mol. The number of benzene rings is 4. The van der Waals surface area contributed by atoms with Crippen LogP contribution in [0.5, 0.6) is 11.5 Å². The van der Waals surface area contributed by atoms with Crippen LogP contribution in [0.3, 0.4) is 0 Å². The van der Waals surface area contributed by atoms with Crippen LogP contribution in [0, 0.1) is 0 Å². The molecule has 0 radical (unpaired) electrons. The maximum Gasteiger partial charge on any atom is 0.181 e. The molecule has 51 heavy (non-hydrogen) atoms. The fraction of sp³-hybridized carbons (Fsp3) is 0.0909. The lowest BCUT2D eigenvalue weighted by atomic mass is 9.96. The van der Waals surface area contributed by atoms with E-state index in [2.05, 4.69) is 104 Å². The molecule has 7 heteroatoms. The number of allylic oxidation sites excluding steroid dienone is 10. The summed E-state index contributed by atoms with van der Waals surface area (Å²) in [6.07, 6.45) is 19.3. The number of fused-ring (bicyclic) bond motifs is 2. The van der Waals surface area contributed by atoms with Gasteiger partial charge in [-0.2, -0.15) is 8.75 Å². The average Bonchev–Trinajstić information content (AvgIpc) is 3.93. The molecule has 250 valence electrons. The van der Waals surface area contributed by atoms with E-state index in [0.29, 0.717) is 34.2 Å². The Morgan fingerprint density at radius 3 is 1.98 bits per heavy atom. The Kier molecular flexibility index (Phi) is 8.56. The zero-order valence-electron chi connectivity index (χ0n) is 28.5. The highest BCUT2D eigenvalue weighted by molar-refractivity contribution is 7.00. The molecule has 0 amide bonds. The van der Waals surface area contributed by atoms with Gasteiger partial charge in [-0.25, -0.2) is 0 Å². The summed E-state index contributed by atoms with van der Waals surface area (Å²) < 4.78 is 34.3. The molecule has 0 fully saturated rings. The van der Waals surface area contributed by atoms with E-state index in [0.717, 1.165) is 67.2 Å². The quantitative estimate of drug-likeness (QED) is 0.184. The van der Waals surface area contributed by atoms with Crippen molar-refractivity contribution in [3.8, 4) is 34.1 Å². The molecule has 13 rings (SSSR count). The number of nitrogens with zero attached hydrogens (tertiary/aromatic N) is 2. The first-order valence-corrected chi connectivity index (χ1v) is 17.4. The molecule has 6 aliphatic rings. The highest BCUT2D eigenvalue weighted by Gasteiger charge is 2.24. The molecule has 0 saturated carbocycles. The first kappa shape index (κ1) is 32.0. The van der Waals surface area contributed by atoms with Crippen LogP contribution in [-0.2, 0) is 6.42 Å². The van der Waals surface area contributed by atoms with E-state index in [1.807, 2.05) is 37.3 Å². The summed E-state index contributed by atoms with van der Waals surface area (Å²) in [6.45, 7) is 6.00. The number of aromatic nitrogens is 2. The predicted octanol–water partition coefficient (Wildman–Crippen LogP) is 11.9. The van der Waals surface area contributed by atoms with Crippen LogP contribution in [0.2, 0.25) is 0 Å². The van der Waals surface area contributed by atoms with Gasteiger partial charge < -0.3 is 18.3 Å². The van der Waals surface area contributed by atoms with Crippen LogP contribution < -0.4 is 9.47 Å². The summed E-state index contributed by atoms with van der Waals surface area (Å²) in [5, 5.41) is 1.57. The number of methoxy groups -OCH3 is 2. The largest absolute Gasteiger partial charge is 0.492 e. The summed E-state index contributed by atoms with van der Waals surface area (Å²) in [5.74, 6) is 2.63. The summed E-state index contributed by atoms with van der Waals surface area (Å²) in [4.78, 5) is 0. The third kappa shape index (κ3) is 5.81. The number of hydrogen-bond donors (Lipinski definition) is 0. The lowest BCUT2D eigenvalue weighted by Gasteiger charge is -2.08. The number of furan rings is 2. The number of rotatable bonds is 4. The van der Waals surface area contributed by atoms with Crippen molar-refractivity contribution in [3.63, 3.8) is 0 Å². The van der Waals surface area contributed by atoms with Crippen LogP contribution in [0.4, 0.5) is 0 Å². The number of hydrogen-bond acceptors (Lipinski definition) is 7. The van der Waals surface area contributed by atoms with Crippen molar-refractivity contribution in [3.05, 3.63) is 150 Å². The normalized spacial score (nSPS) is 16.4. The molecule has 3 aromatic heterocycles. The molecule has 7 aromatic rings. The Labute approximate surface area is 300 Å². The molecular formula is C44H34N2O4S. The van der Waals surface area contributed by atoms with Gasteiger partial charge in [-0.1, -0.05) is 122 Å². The van der Waals surface area contributed by atoms with Crippen molar-refractivity contribution < 1.29 is 18.3 Å². The van der Waals surface area contributed by atoms with Gasteiger partial charge in [0.2, 0.25) is 0 Å². The highest BCUT2D eigenvalue weighted by atomic mass is 32.1. The van der Waals surface area contributed by atoms with Gasteiger partial charge in [0.1, 0.15) is 22.6 Å². The highest BCUT2D eigenvalue weighted by Crippen LogP contribution is 2.48. The second-order valence-corrected chi connectivity index (χ2v) is 12.7. The van der Waals surface area contributed by atoms with E-state index in [1.54, 1.807) is 14.2 Å². The zero-order valence-corrected chi connectivity index (χ0v) is 29.3. The molecule has 0 atom stereocenters. The third-order valence-corrected chi connectivity index (χ3v) is 9.63. The second-order valence-electron chi connectivity index (χ2n) is 12.2. The van der Waals surface area contributed by atoms with Gasteiger partial charge in [0, 0.05) is 22.3 Å². The smallest absolute Gasteiger partial charge is 0.181 e. The molecule has 0 saturated heterocycles. The second kappa shape index (κ2) is 13.6. The first-order valence-electron chi connectivity index (χ1n) is 16.7. The minimum atomic E-state index is 0.603. The zero-order chi connectivity index (χ0) is 34.9. The minimum Gasteiger partial charge on any atom is -0.492 e. The van der Waals surface area contributed by atoms with Crippen LogP contribution in [-0.4, -0.2) is 23.0 Å². The third-order valence-electron chi connectivity index (χ3n) is 9.10. The Hall–Kier alpha value is -6.18. The maximum atomic E-state index is 6.47. The lowest BCUT2D eigenvalue weighted by Crippen LogP contribution is -1.90. The van der Waals surface area contributed by atoms with Gasteiger partial charge in [-0.05, 0) is 47.8 Å². The van der Waals surface area contributed by atoms with Gasteiger partial charge in [0.05, 0.1) is 36.7 Å². The van der Waals surface area contributed by atoms with E-state index >= 15 is 0 Å². The summed E-state index contributed by atoms with van der Waals surface area (Å²) in [6, 6.07) is 24.9. The van der Waals surface area contributed by atoms with Crippen LogP contribution in [0.1, 0.15) is 29.2 Å². The molecule has 9 heterocycles. The van der Waals surface area contributed by atoms with E-state index in [1.165, 1.54) is 17.3 Å². The Balaban J connectivity index is 1.29. The van der Waals surface area contributed by atoms with Gasteiger partial charge in [-0.3, -0.25) is 0 Å². The van der Waals surface area contributed by atoms with Crippen LogP contribution >= 0.6 is 11.7 Å². The maximum absolute atomic E-state index is 6.47. The Morgan fingerprint density at radius 2 is 1.37 bits per heavy atom. The van der Waals surface area contributed by atoms with Crippen LogP contribution in [0.25, 0.3) is 72.8 Å². The lowest BCUT2D eigenvalue weighted by molar-refractivity contribution is 0.406. The van der Waals surface area contributed by atoms with Crippen molar-refractivity contribution in [2.24, 2.45) is 0 Å². The van der Waals surface area contributed by atoms with Gasteiger partial charge in [0.25, 0.3) is 0 Å². The molecule has 0 aliphatic carbocycles. The molecule has 4 aromatic carbocycles. The van der Waals surface area contributed by atoms with Crippen LogP contribution in [0.15, 0.2) is 137 Å². The van der Waals surface area contributed by atoms with E-state index in [-0.39, 0.29) is 0 Å². The van der Waals surface area contributed by atoms with Crippen molar-refractivity contribution >= 4 is 61.9 Å². The first-order chi connectivity index (χ1) is 25.1. The Morgan fingerprint density at radius 1 is 0.765 bits per heavy atom. The standard InChI is InChI=1S/C44H34N2O4S/c1-5-9-29-13-7-11-27-15-19-31(20-16-27)37-25-35-41(47-3)44-36(42(48-4)43(35)49-37)26-38(50-44)32-21-17-28(18-22-32)12-8-14-30(10-6-2)34-24-23-33(29)39-40(34)46-51-45-39/h5-10,12-26H,1,11H2,2-4H3/b10-6-,12-8-,13-7-,29-9?,30-14+. The van der Waals surface area contributed by atoms with E-state index in [9.17, 15) is 0 Å². The predicted molar refractivity (Wildman–Crippen MR) is 210 cm³/mol. The van der Waals surface area contributed by atoms with Crippen molar-refractivity contribution in [2.45, 2.75) is 13.3 Å². The molecular weight excluding hydrogens is 653 g/mol. The Bertz CT molecular complexity index is 2530. The molecule has 12 bridgehead atoms. The van der Waals surface area contributed by atoms with Crippen molar-refractivity contribution in [2.75, 3.05) is 14.2 Å². The number of ether oxygens (including phenoxy) is 2. The average molecular weight is 687 g/mol. The molecule has 6 nitrogen and oxygen atoms in total. The summed E-state index contributed by atoms with van der Waals surface area (Å²) >= 11 is 1.23. The SMILES string of the molecule is C=CC=C1/C=C\Cc2ccc(cc2)-c2cc3c(OC)c4oc(cc4c(OC)c3o2)-c2ccc(cc2)\C=C/C=C(\C=C/C)c2ccc1c1nsnc21. The molecule has 0 N–H and O–H groups in total.